The number of rotatable bonds is 7. The summed E-state index contributed by atoms with van der Waals surface area (Å²) in [4.78, 5) is 21.8. The number of nitro benzene ring substituents is 1. The van der Waals surface area contributed by atoms with Gasteiger partial charge in [-0.3, -0.25) is 10.1 Å². The standard InChI is InChI=1S/C18H24N6O4S/c1-2-15-10-17(23-9-3-4-13(12-23)11-20-29(19,27)28)22-18(21-15)14-5-7-16(8-6-14)24(25)26/h5-8,10,13,20H,2-4,9,11-12H2,1H3,(H2,19,27,28)/t13-/m0/s1. The molecule has 0 bridgehead atoms. The lowest BCUT2D eigenvalue weighted by Crippen LogP contribution is -2.42. The number of anilines is 1. The predicted molar refractivity (Wildman–Crippen MR) is 110 cm³/mol. The first kappa shape index (κ1) is 21.1. The third-order valence-electron chi connectivity index (χ3n) is 4.88. The molecule has 1 aromatic carbocycles. The first-order chi connectivity index (χ1) is 13.7. The molecule has 0 amide bonds. The molecule has 2 heterocycles. The second kappa shape index (κ2) is 8.80. The van der Waals surface area contributed by atoms with Crippen LogP contribution in [0.1, 0.15) is 25.5 Å². The van der Waals surface area contributed by atoms with E-state index < -0.39 is 15.1 Å². The molecule has 156 valence electrons. The van der Waals surface area contributed by atoms with Gasteiger partial charge in [-0.15, -0.1) is 0 Å². The monoisotopic (exact) mass is 420 g/mol. The van der Waals surface area contributed by atoms with E-state index in [4.69, 9.17) is 5.14 Å². The second-order valence-electron chi connectivity index (χ2n) is 7.05. The van der Waals surface area contributed by atoms with Gasteiger partial charge in [0.1, 0.15) is 5.82 Å². The summed E-state index contributed by atoms with van der Waals surface area (Å²) in [6, 6.07) is 8.10. The molecular formula is C18H24N6O4S. The lowest BCUT2D eigenvalue weighted by Gasteiger charge is -2.33. The Labute approximate surface area is 169 Å². The highest BCUT2D eigenvalue weighted by Gasteiger charge is 2.23. The molecule has 0 unspecified atom stereocenters. The molecule has 29 heavy (non-hydrogen) atoms. The highest BCUT2D eigenvalue weighted by molar-refractivity contribution is 7.87. The second-order valence-corrected chi connectivity index (χ2v) is 8.43. The first-order valence-electron chi connectivity index (χ1n) is 9.40. The number of aryl methyl sites for hydroxylation is 1. The fraction of sp³-hybridized carbons (Fsp3) is 0.444. The Hall–Kier alpha value is -2.63. The van der Waals surface area contributed by atoms with Crippen LogP contribution < -0.4 is 14.8 Å². The summed E-state index contributed by atoms with van der Waals surface area (Å²) in [6.07, 6.45) is 2.54. The van der Waals surface area contributed by atoms with E-state index in [-0.39, 0.29) is 18.2 Å². The third-order valence-corrected chi connectivity index (χ3v) is 5.45. The highest BCUT2D eigenvalue weighted by Crippen LogP contribution is 2.26. The molecule has 0 radical (unpaired) electrons. The molecule has 11 heteroatoms. The van der Waals surface area contributed by atoms with Gasteiger partial charge in [0.15, 0.2) is 5.82 Å². The van der Waals surface area contributed by atoms with Crippen molar-refractivity contribution >= 4 is 21.7 Å². The smallest absolute Gasteiger partial charge is 0.274 e. The predicted octanol–water partition coefficient (Wildman–Crippen LogP) is 1.62. The maximum atomic E-state index is 11.2. The van der Waals surface area contributed by atoms with Crippen LogP contribution in [-0.4, -0.2) is 42.9 Å². The van der Waals surface area contributed by atoms with Crippen LogP contribution in [0.2, 0.25) is 0 Å². The summed E-state index contributed by atoms with van der Waals surface area (Å²) in [5.74, 6) is 1.41. The number of nitrogens with one attached hydrogen (secondary N) is 1. The van der Waals surface area contributed by atoms with Crippen LogP contribution in [0.5, 0.6) is 0 Å². The largest absolute Gasteiger partial charge is 0.356 e. The molecule has 1 aliphatic heterocycles. The third kappa shape index (κ3) is 5.68. The number of nitro groups is 1. The van der Waals surface area contributed by atoms with E-state index in [0.29, 0.717) is 17.9 Å². The van der Waals surface area contributed by atoms with Gasteiger partial charge in [-0.25, -0.2) is 19.8 Å². The quantitative estimate of drug-likeness (QED) is 0.511. The Morgan fingerprint density at radius 3 is 2.66 bits per heavy atom. The van der Waals surface area contributed by atoms with Crippen LogP contribution >= 0.6 is 0 Å². The Bertz CT molecular complexity index is 980. The molecule has 3 N–H and O–H groups in total. The number of nitrogens with zero attached hydrogens (tertiary/aromatic N) is 4. The van der Waals surface area contributed by atoms with Crippen LogP contribution in [0, 0.1) is 16.0 Å². The van der Waals surface area contributed by atoms with Gasteiger partial charge >= 0.3 is 0 Å². The average molecular weight is 420 g/mol. The molecular weight excluding hydrogens is 396 g/mol. The van der Waals surface area contributed by atoms with Crippen molar-refractivity contribution in [3.8, 4) is 11.4 Å². The number of aromatic nitrogens is 2. The van der Waals surface area contributed by atoms with E-state index >= 15 is 0 Å². The number of piperidine rings is 1. The van der Waals surface area contributed by atoms with Gasteiger partial charge in [-0.2, -0.15) is 8.42 Å². The topological polar surface area (TPSA) is 144 Å². The van der Waals surface area contributed by atoms with Crippen LogP contribution in [0.3, 0.4) is 0 Å². The minimum atomic E-state index is -3.71. The molecule has 3 rings (SSSR count). The molecule has 10 nitrogen and oxygen atoms in total. The van der Waals surface area contributed by atoms with Gasteiger partial charge in [0, 0.05) is 49.1 Å². The lowest BCUT2D eigenvalue weighted by atomic mass is 9.98. The number of non-ortho nitro benzene ring substituents is 1. The maximum Gasteiger partial charge on any atom is 0.274 e. The van der Waals surface area contributed by atoms with Gasteiger partial charge in [-0.1, -0.05) is 6.92 Å². The van der Waals surface area contributed by atoms with Crippen molar-refractivity contribution in [2.75, 3.05) is 24.5 Å². The zero-order valence-corrected chi connectivity index (χ0v) is 16.9. The van der Waals surface area contributed by atoms with Crippen molar-refractivity contribution in [1.82, 2.24) is 14.7 Å². The lowest BCUT2D eigenvalue weighted by molar-refractivity contribution is -0.384. The van der Waals surface area contributed by atoms with Crippen LogP contribution in [0.15, 0.2) is 30.3 Å². The van der Waals surface area contributed by atoms with Crippen molar-refractivity contribution in [3.63, 3.8) is 0 Å². The number of hydrogen-bond donors (Lipinski definition) is 2. The molecule has 1 fully saturated rings. The van der Waals surface area contributed by atoms with Crippen molar-refractivity contribution in [2.45, 2.75) is 26.2 Å². The van der Waals surface area contributed by atoms with E-state index in [1.807, 2.05) is 13.0 Å². The molecule has 1 saturated heterocycles. The number of nitrogens with two attached hydrogens (primary N) is 1. The first-order valence-corrected chi connectivity index (χ1v) is 10.9. The Morgan fingerprint density at radius 1 is 1.31 bits per heavy atom. The molecule has 2 aromatic rings. The van der Waals surface area contributed by atoms with Gasteiger partial charge in [0.25, 0.3) is 15.9 Å². The Morgan fingerprint density at radius 2 is 2.03 bits per heavy atom. The van der Waals surface area contributed by atoms with Gasteiger partial charge in [-0.05, 0) is 37.3 Å². The molecule has 0 saturated carbocycles. The van der Waals surface area contributed by atoms with Crippen molar-refractivity contribution in [2.24, 2.45) is 11.1 Å². The summed E-state index contributed by atoms with van der Waals surface area (Å²) in [5, 5.41) is 15.9. The minimum Gasteiger partial charge on any atom is -0.356 e. The summed E-state index contributed by atoms with van der Waals surface area (Å²) >= 11 is 0. The normalized spacial score (nSPS) is 17.3. The van der Waals surface area contributed by atoms with Gasteiger partial charge in [0.05, 0.1) is 4.92 Å². The zero-order chi connectivity index (χ0) is 21.0. The molecule has 1 aliphatic rings. The van der Waals surface area contributed by atoms with E-state index in [9.17, 15) is 18.5 Å². The Balaban J connectivity index is 1.83. The number of hydrogen-bond acceptors (Lipinski definition) is 7. The summed E-state index contributed by atoms with van der Waals surface area (Å²) in [6.45, 7) is 3.76. The minimum absolute atomic E-state index is 0.0156. The van der Waals surface area contributed by atoms with Crippen molar-refractivity contribution < 1.29 is 13.3 Å². The number of benzene rings is 1. The van der Waals surface area contributed by atoms with Crippen molar-refractivity contribution in [1.29, 1.82) is 0 Å². The highest BCUT2D eigenvalue weighted by atomic mass is 32.2. The molecule has 1 aromatic heterocycles. The Kier molecular flexibility index (Phi) is 6.40. The van der Waals surface area contributed by atoms with E-state index in [2.05, 4.69) is 19.6 Å². The average Bonchev–Trinajstić information content (AvgIpc) is 2.71. The maximum absolute atomic E-state index is 11.2. The van der Waals surface area contributed by atoms with Crippen molar-refractivity contribution in [3.05, 3.63) is 46.1 Å². The summed E-state index contributed by atoms with van der Waals surface area (Å²) in [5.41, 5.74) is 1.59. The van der Waals surface area contributed by atoms with E-state index in [0.717, 1.165) is 37.3 Å². The van der Waals surface area contributed by atoms with Gasteiger partial charge < -0.3 is 4.90 Å². The molecule has 0 spiro atoms. The zero-order valence-electron chi connectivity index (χ0n) is 16.1. The summed E-state index contributed by atoms with van der Waals surface area (Å²) in [7, 11) is -3.71. The summed E-state index contributed by atoms with van der Waals surface area (Å²) < 4.78 is 24.7. The van der Waals surface area contributed by atoms with Crippen LogP contribution in [0.4, 0.5) is 11.5 Å². The van der Waals surface area contributed by atoms with Crippen LogP contribution in [0.25, 0.3) is 11.4 Å². The van der Waals surface area contributed by atoms with E-state index in [1.165, 1.54) is 12.1 Å². The fourth-order valence-electron chi connectivity index (χ4n) is 3.36. The van der Waals surface area contributed by atoms with Crippen LogP contribution in [-0.2, 0) is 16.6 Å². The SMILES string of the molecule is CCc1cc(N2CCC[C@@H](CNS(N)(=O)=O)C2)nc(-c2ccc([N+](=O)[O-])cc2)n1. The van der Waals surface area contributed by atoms with E-state index in [1.54, 1.807) is 12.1 Å². The molecule has 1 atom stereocenters. The van der Waals surface area contributed by atoms with Gasteiger partial charge in [0.2, 0.25) is 0 Å². The fourth-order valence-corrected chi connectivity index (χ4v) is 3.83. The molecule has 0 aliphatic carbocycles.